The van der Waals surface area contributed by atoms with Gasteiger partial charge in [0, 0.05) is 60.3 Å². The minimum atomic E-state index is 0.241. The van der Waals surface area contributed by atoms with Gasteiger partial charge in [0.05, 0.1) is 29.0 Å². The molecule has 5 heterocycles. The molecule has 1 saturated heterocycles. The van der Waals surface area contributed by atoms with Crippen molar-refractivity contribution < 1.29 is 0 Å². The maximum Gasteiger partial charge on any atom is 0.159 e. The van der Waals surface area contributed by atoms with Gasteiger partial charge in [0.15, 0.2) is 5.65 Å². The van der Waals surface area contributed by atoms with E-state index in [0.29, 0.717) is 23.7 Å². The van der Waals surface area contributed by atoms with Crippen LogP contribution in [0.15, 0.2) is 43.0 Å². The van der Waals surface area contributed by atoms with E-state index in [2.05, 4.69) is 28.8 Å². The van der Waals surface area contributed by atoms with Crippen LogP contribution in [0.2, 0.25) is 5.02 Å². The van der Waals surface area contributed by atoms with E-state index in [9.17, 15) is 0 Å². The highest BCUT2D eigenvalue weighted by atomic mass is 35.5. The highest BCUT2D eigenvalue weighted by molar-refractivity contribution is 6.38. The number of hydrogen-bond acceptors (Lipinski definition) is 6. The smallest absolute Gasteiger partial charge is 0.159 e. The predicted molar refractivity (Wildman–Crippen MR) is 148 cm³/mol. The molecule has 5 aromatic rings. The average Bonchev–Trinajstić information content (AvgIpc) is 3.62. The van der Waals surface area contributed by atoms with Crippen molar-refractivity contribution in [3.05, 3.63) is 53.7 Å². The van der Waals surface area contributed by atoms with Gasteiger partial charge in [-0.05, 0) is 37.8 Å². The van der Waals surface area contributed by atoms with Crippen molar-refractivity contribution in [1.29, 1.82) is 0 Å². The summed E-state index contributed by atoms with van der Waals surface area (Å²) in [6.45, 7) is 5.02. The summed E-state index contributed by atoms with van der Waals surface area (Å²) < 4.78 is 3.67. The largest absolute Gasteiger partial charge is 0.349 e. The predicted octanol–water partition coefficient (Wildman–Crippen LogP) is 4.89. The molecule has 1 aliphatic heterocycles. The summed E-state index contributed by atoms with van der Waals surface area (Å²) in [5.74, 6) is 0.906. The molecule has 0 bridgehead atoms. The Morgan fingerprint density at radius 3 is 2.57 bits per heavy atom. The SMILES string of the molecule is CC[C@@H]1CC(N)C[C@H](CC)N1c1cnc2c(-c3ccc4nn(Cc5ccn(C)n5)cc4c3Cl)c[nH]c2n1. The first-order valence-electron chi connectivity index (χ1n) is 13.0. The summed E-state index contributed by atoms with van der Waals surface area (Å²) in [7, 11) is 1.91. The number of nitrogens with zero attached hydrogens (tertiary/aromatic N) is 7. The molecule has 4 aromatic heterocycles. The fourth-order valence-corrected chi connectivity index (χ4v) is 6.06. The normalized spacial score (nSPS) is 20.4. The van der Waals surface area contributed by atoms with Crippen LogP contribution >= 0.6 is 11.6 Å². The summed E-state index contributed by atoms with van der Waals surface area (Å²) in [5, 5.41) is 10.7. The van der Waals surface area contributed by atoms with E-state index >= 15 is 0 Å². The van der Waals surface area contributed by atoms with Crippen molar-refractivity contribution in [2.24, 2.45) is 12.8 Å². The molecule has 1 fully saturated rings. The van der Waals surface area contributed by atoms with Crippen molar-refractivity contribution in [1.82, 2.24) is 34.5 Å². The maximum absolute atomic E-state index is 6.94. The zero-order valence-corrected chi connectivity index (χ0v) is 22.2. The van der Waals surface area contributed by atoms with Gasteiger partial charge in [0.2, 0.25) is 0 Å². The molecule has 3 N–H and O–H groups in total. The van der Waals surface area contributed by atoms with Crippen molar-refractivity contribution in [2.45, 2.75) is 64.2 Å². The van der Waals surface area contributed by atoms with Crippen LogP contribution in [0.5, 0.6) is 0 Å². The highest BCUT2D eigenvalue weighted by Crippen LogP contribution is 2.38. The van der Waals surface area contributed by atoms with E-state index in [1.165, 1.54) is 0 Å². The highest BCUT2D eigenvalue weighted by Gasteiger charge is 2.33. The van der Waals surface area contributed by atoms with Crippen LogP contribution in [0.25, 0.3) is 33.2 Å². The summed E-state index contributed by atoms with van der Waals surface area (Å²) in [6.07, 6.45) is 11.8. The molecule has 10 heteroatoms. The molecular weight excluding hydrogens is 486 g/mol. The van der Waals surface area contributed by atoms with Gasteiger partial charge >= 0.3 is 0 Å². The van der Waals surface area contributed by atoms with Gasteiger partial charge < -0.3 is 15.6 Å². The molecule has 0 radical (unpaired) electrons. The fourth-order valence-electron chi connectivity index (χ4n) is 5.75. The molecule has 6 rings (SSSR count). The monoisotopic (exact) mass is 517 g/mol. The summed E-state index contributed by atoms with van der Waals surface area (Å²) >= 11 is 6.94. The van der Waals surface area contributed by atoms with Gasteiger partial charge in [0.1, 0.15) is 11.3 Å². The topological polar surface area (TPSA) is 106 Å². The van der Waals surface area contributed by atoms with Crippen LogP contribution in [0.1, 0.15) is 45.2 Å². The Morgan fingerprint density at radius 1 is 1.08 bits per heavy atom. The van der Waals surface area contributed by atoms with Gasteiger partial charge in [-0.3, -0.25) is 9.36 Å². The first kappa shape index (κ1) is 23.9. The second-order valence-electron chi connectivity index (χ2n) is 10.1. The molecule has 0 spiro atoms. The Labute approximate surface area is 220 Å². The summed E-state index contributed by atoms with van der Waals surface area (Å²) in [6, 6.07) is 6.98. The van der Waals surface area contributed by atoms with E-state index < -0.39 is 0 Å². The van der Waals surface area contributed by atoms with Crippen LogP contribution in [0.3, 0.4) is 0 Å². The lowest BCUT2D eigenvalue weighted by molar-refractivity contribution is 0.329. The van der Waals surface area contributed by atoms with Crippen molar-refractivity contribution in [3.8, 4) is 11.1 Å². The van der Waals surface area contributed by atoms with Crippen molar-refractivity contribution >= 4 is 39.5 Å². The summed E-state index contributed by atoms with van der Waals surface area (Å²) in [5.41, 5.74) is 11.6. The Kier molecular flexibility index (Phi) is 6.12. The molecule has 1 aliphatic rings. The molecular formula is C27H32ClN9. The van der Waals surface area contributed by atoms with Gasteiger partial charge in [-0.15, -0.1) is 0 Å². The van der Waals surface area contributed by atoms with Gasteiger partial charge in [-0.1, -0.05) is 31.5 Å². The number of aromatic amines is 1. The van der Waals surface area contributed by atoms with E-state index in [-0.39, 0.29) is 6.04 Å². The number of hydrogen-bond donors (Lipinski definition) is 2. The lowest BCUT2D eigenvalue weighted by atomic mass is 9.89. The lowest BCUT2D eigenvalue weighted by Gasteiger charge is -2.44. The molecule has 37 heavy (non-hydrogen) atoms. The molecule has 1 unspecified atom stereocenters. The van der Waals surface area contributed by atoms with Gasteiger partial charge in [-0.2, -0.15) is 10.2 Å². The molecule has 9 nitrogen and oxygen atoms in total. The van der Waals surface area contributed by atoms with Crippen LogP contribution in [-0.2, 0) is 13.6 Å². The number of nitrogens with two attached hydrogens (primary N) is 1. The standard InChI is InChI=1S/C27H32ClN9/c1-4-18-10-16(29)11-19(5-2)37(18)24-13-30-26-21(12-31-27(26)32-24)20-6-7-23-22(25(20)28)15-36(34-23)14-17-8-9-35(3)33-17/h6-9,12-13,15-16,18-19H,4-5,10-11,14,29H2,1-3H3,(H,31,32)/t16?,18-,19+. The number of benzene rings is 1. The Balaban J connectivity index is 1.35. The second kappa shape index (κ2) is 9.46. The molecule has 1 aromatic carbocycles. The quantitative estimate of drug-likeness (QED) is 0.332. The molecule has 192 valence electrons. The van der Waals surface area contributed by atoms with Crippen molar-refractivity contribution in [3.63, 3.8) is 0 Å². The van der Waals surface area contributed by atoms with Crippen molar-refractivity contribution in [2.75, 3.05) is 4.90 Å². The van der Waals surface area contributed by atoms with Crippen LogP contribution in [0, 0.1) is 0 Å². The van der Waals surface area contributed by atoms with E-state index in [1.54, 1.807) is 4.68 Å². The number of fused-ring (bicyclic) bond motifs is 2. The maximum atomic E-state index is 6.94. The molecule has 0 aliphatic carbocycles. The number of H-pyrrole nitrogens is 1. The number of aromatic nitrogens is 7. The number of nitrogens with one attached hydrogen (secondary N) is 1. The lowest BCUT2D eigenvalue weighted by Crippen LogP contribution is -2.53. The molecule has 3 atom stereocenters. The van der Waals surface area contributed by atoms with E-state index in [4.69, 9.17) is 32.4 Å². The minimum Gasteiger partial charge on any atom is -0.349 e. The number of aryl methyl sites for hydroxylation is 1. The number of anilines is 1. The summed E-state index contributed by atoms with van der Waals surface area (Å²) in [4.78, 5) is 15.7. The van der Waals surface area contributed by atoms with E-state index in [0.717, 1.165) is 70.4 Å². The number of halogens is 1. The first-order chi connectivity index (χ1) is 17.9. The third-order valence-corrected chi connectivity index (χ3v) is 7.97. The Hall–Kier alpha value is -3.43. The van der Waals surface area contributed by atoms with Gasteiger partial charge in [-0.25, -0.2) is 9.97 Å². The number of rotatable bonds is 6. The third kappa shape index (κ3) is 4.26. The fraction of sp³-hybridized carbons (Fsp3) is 0.407. The van der Waals surface area contributed by atoms with Crippen LogP contribution < -0.4 is 10.6 Å². The Morgan fingerprint density at radius 2 is 1.86 bits per heavy atom. The van der Waals surface area contributed by atoms with Crippen LogP contribution in [-0.4, -0.2) is 52.6 Å². The van der Waals surface area contributed by atoms with Gasteiger partial charge in [0.25, 0.3) is 0 Å². The zero-order chi connectivity index (χ0) is 25.7. The van der Waals surface area contributed by atoms with E-state index in [1.807, 2.05) is 54.7 Å². The number of piperidine rings is 1. The Bertz CT molecular complexity index is 1550. The first-order valence-corrected chi connectivity index (χ1v) is 13.4. The van der Waals surface area contributed by atoms with Crippen LogP contribution in [0.4, 0.5) is 5.82 Å². The minimum absolute atomic E-state index is 0.241. The third-order valence-electron chi connectivity index (χ3n) is 7.57. The average molecular weight is 518 g/mol. The molecule has 0 saturated carbocycles. The zero-order valence-electron chi connectivity index (χ0n) is 21.4. The molecule has 0 amide bonds. The second-order valence-corrected chi connectivity index (χ2v) is 10.4.